The molecule has 0 radical (unpaired) electrons. The average molecular weight is 205 g/mol. The largest absolute Gasteiger partial charge is 0.393 e. The van der Waals surface area contributed by atoms with E-state index in [2.05, 4.69) is 15.3 Å². The van der Waals surface area contributed by atoms with E-state index in [1.54, 1.807) is 19.1 Å². The summed E-state index contributed by atoms with van der Waals surface area (Å²) < 4.78 is 1.27. The Morgan fingerprint density at radius 1 is 1.33 bits per heavy atom. The molecule has 6 heteroatoms. The number of aryl methyl sites for hydroxylation is 2. The maximum absolute atomic E-state index is 11.6. The molecule has 0 saturated carbocycles. The summed E-state index contributed by atoms with van der Waals surface area (Å²) >= 11 is 0. The van der Waals surface area contributed by atoms with Crippen molar-refractivity contribution < 1.29 is 0 Å². The molecule has 2 aromatic heterocycles. The zero-order chi connectivity index (χ0) is 11.0. The van der Waals surface area contributed by atoms with E-state index in [9.17, 15) is 4.79 Å². The van der Waals surface area contributed by atoms with Gasteiger partial charge in [-0.1, -0.05) is 0 Å². The van der Waals surface area contributed by atoms with Gasteiger partial charge in [-0.15, -0.1) is 5.10 Å². The van der Waals surface area contributed by atoms with Crippen LogP contribution in [0, 0.1) is 13.8 Å². The van der Waals surface area contributed by atoms with E-state index >= 15 is 0 Å². The van der Waals surface area contributed by atoms with Crippen molar-refractivity contribution >= 4 is 5.69 Å². The van der Waals surface area contributed by atoms with Crippen molar-refractivity contribution in [2.75, 3.05) is 5.73 Å². The van der Waals surface area contributed by atoms with Crippen LogP contribution in [0.2, 0.25) is 0 Å². The Kier molecular flexibility index (Phi) is 2.03. The third-order valence-corrected chi connectivity index (χ3v) is 2.13. The highest BCUT2D eigenvalue weighted by atomic mass is 16.1. The first-order chi connectivity index (χ1) is 7.09. The number of aromatic amines is 1. The van der Waals surface area contributed by atoms with Crippen molar-refractivity contribution in [3.8, 4) is 5.82 Å². The Bertz CT molecular complexity index is 537. The number of hydrogen-bond donors (Lipinski definition) is 2. The second kappa shape index (κ2) is 3.23. The molecule has 3 N–H and O–H groups in total. The highest BCUT2D eigenvalue weighted by Gasteiger charge is 2.09. The second-order valence-corrected chi connectivity index (χ2v) is 3.32. The minimum absolute atomic E-state index is 0.206. The predicted octanol–water partition coefficient (Wildman–Crippen LogP) is 0.155. The van der Waals surface area contributed by atoms with Gasteiger partial charge in [0.05, 0.1) is 11.4 Å². The minimum Gasteiger partial charge on any atom is -0.393 e. The minimum atomic E-state index is -0.300. The van der Waals surface area contributed by atoms with Gasteiger partial charge in [0, 0.05) is 0 Å². The summed E-state index contributed by atoms with van der Waals surface area (Å²) in [5.41, 5.74) is 6.88. The number of anilines is 1. The first-order valence-electron chi connectivity index (χ1n) is 4.47. The summed E-state index contributed by atoms with van der Waals surface area (Å²) in [5.74, 6) is 0.436. The summed E-state index contributed by atoms with van der Waals surface area (Å²) in [4.78, 5) is 11.6. The summed E-state index contributed by atoms with van der Waals surface area (Å²) in [6, 6.07) is 3.49. The van der Waals surface area contributed by atoms with Gasteiger partial charge >= 0.3 is 0 Å². The molecule has 0 amide bonds. The van der Waals surface area contributed by atoms with Crippen LogP contribution < -0.4 is 11.3 Å². The molecule has 0 aliphatic rings. The predicted molar refractivity (Wildman–Crippen MR) is 55.9 cm³/mol. The molecule has 0 fully saturated rings. The first kappa shape index (κ1) is 9.45. The SMILES string of the molecule is Cc1ccc(-n2[nH]c(C)c(N)c2=O)nn1. The Hall–Kier alpha value is -2.11. The molecule has 2 aromatic rings. The van der Waals surface area contributed by atoms with Gasteiger partial charge in [0.25, 0.3) is 5.56 Å². The number of hydrogen-bond acceptors (Lipinski definition) is 4. The van der Waals surface area contributed by atoms with Gasteiger partial charge in [0.1, 0.15) is 5.69 Å². The fourth-order valence-corrected chi connectivity index (χ4v) is 1.23. The van der Waals surface area contributed by atoms with Crippen LogP contribution >= 0.6 is 0 Å². The van der Waals surface area contributed by atoms with Crippen LogP contribution in [-0.2, 0) is 0 Å². The summed E-state index contributed by atoms with van der Waals surface area (Å²) in [6.45, 7) is 3.56. The fraction of sp³-hybridized carbons (Fsp3) is 0.222. The van der Waals surface area contributed by atoms with Gasteiger partial charge in [-0.25, -0.2) is 0 Å². The third kappa shape index (κ3) is 1.50. The smallest absolute Gasteiger partial charge is 0.296 e. The molecule has 0 bridgehead atoms. The van der Waals surface area contributed by atoms with Crippen molar-refractivity contribution in [2.45, 2.75) is 13.8 Å². The Labute approximate surface area is 85.7 Å². The van der Waals surface area contributed by atoms with Crippen molar-refractivity contribution in [3.05, 3.63) is 33.9 Å². The number of nitrogen functional groups attached to an aromatic ring is 1. The molecule has 0 spiro atoms. The Morgan fingerprint density at radius 3 is 2.53 bits per heavy atom. The Morgan fingerprint density at radius 2 is 2.07 bits per heavy atom. The molecule has 15 heavy (non-hydrogen) atoms. The quantitative estimate of drug-likeness (QED) is 0.693. The number of H-pyrrole nitrogens is 1. The van der Waals surface area contributed by atoms with E-state index < -0.39 is 0 Å². The number of nitrogens with two attached hydrogens (primary N) is 1. The highest BCUT2D eigenvalue weighted by Crippen LogP contribution is 2.04. The number of nitrogens with one attached hydrogen (secondary N) is 1. The van der Waals surface area contributed by atoms with E-state index in [1.165, 1.54) is 4.68 Å². The maximum atomic E-state index is 11.6. The van der Waals surface area contributed by atoms with Crippen LogP contribution in [0.3, 0.4) is 0 Å². The molecular weight excluding hydrogens is 194 g/mol. The lowest BCUT2D eigenvalue weighted by atomic mass is 10.4. The van der Waals surface area contributed by atoms with E-state index in [1.807, 2.05) is 6.92 Å². The molecule has 0 aromatic carbocycles. The van der Waals surface area contributed by atoms with Gasteiger partial charge < -0.3 is 5.73 Å². The van der Waals surface area contributed by atoms with Crippen LogP contribution in [0.4, 0.5) is 5.69 Å². The number of aromatic nitrogens is 4. The standard InChI is InChI=1S/C9H11N5O/c1-5-3-4-7(12-11-5)14-9(15)8(10)6(2)13-14/h3-4,13H,10H2,1-2H3. The lowest BCUT2D eigenvalue weighted by Crippen LogP contribution is -2.18. The van der Waals surface area contributed by atoms with Gasteiger partial charge in [-0.05, 0) is 26.0 Å². The molecule has 0 unspecified atom stereocenters. The summed E-state index contributed by atoms with van der Waals surface area (Å²) in [7, 11) is 0. The highest BCUT2D eigenvalue weighted by molar-refractivity contribution is 5.41. The van der Waals surface area contributed by atoms with Gasteiger partial charge in [-0.3, -0.25) is 9.89 Å². The summed E-state index contributed by atoms with van der Waals surface area (Å²) in [5, 5.41) is 10.6. The zero-order valence-electron chi connectivity index (χ0n) is 8.48. The molecule has 0 aliphatic carbocycles. The molecule has 78 valence electrons. The van der Waals surface area contributed by atoms with Gasteiger partial charge in [0.2, 0.25) is 0 Å². The lowest BCUT2D eigenvalue weighted by Gasteiger charge is -1.98. The topological polar surface area (TPSA) is 89.6 Å². The van der Waals surface area contributed by atoms with Crippen molar-refractivity contribution in [1.29, 1.82) is 0 Å². The monoisotopic (exact) mass is 205 g/mol. The van der Waals surface area contributed by atoms with Crippen LogP contribution in [0.5, 0.6) is 0 Å². The summed E-state index contributed by atoms with van der Waals surface area (Å²) in [6.07, 6.45) is 0. The molecule has 2 heterocycles. The van der Waals surface area contributed by atoms with E-state index in [-0.39, 0.29) is 11.2 Å². The third-order valence-electron chi connectivity index (χ3n) is 2.13. The lowest BCUT2D eigenvalue weighted by molar-refractivity contribution is 0.776. The molecular formula is C9H11N5O. The maximum Gasteiger partial charge on any atom is 0.296 e. The van der Waals surface area contributed by atoms with Crippen LogP contribution in [0.15, 0.2) is 16.9 Å². The van der Waals surface area contributed by atoms with Gasteiger partial charge in [0.15, 0.2) is 5.82 Å². The first-order valence-corrected chi connectivity index (χ1v) is 4.47. The fourth-order valence-electron chi connectivity index (χ4n) is 1.23. The van der Waals surface area contributed by atoms with E-state index in [4.69, 9.17) is 5.73 Å². The number of rotatable bonds is 1. The van der Waals surface area contributed by atoms with E-state index in [0.717, 1.165) is 5.69 Å². The molecule has 0 atom stereocenters. The molecule has 0 saturated heterocycles. The van der Waals surface area contributed by atoms with Crippen molar-refractivity contribution in [1.82, 2.24) is 20.0 Å². The molecule has 6 nitrogen and oxygen atoms in total. The van der Waals surface area contributed by atoms with Crippen molar-refractivity contribution in [3.63, 3.8) is 0 Å². The second-order valence-electron chi connectivity index (χ2n) is 3.32. The molecule has 2 rings (SSSR count). The average Bonchev–Trinajstić information content (AvgIpc) is 2.47. The van der Waals surface area contributed by atoms with Crippen LogP contribution in [0.1, 0.15) is 11.4 Å². The van der Waals surface area contributed by atoms with E-state index in [0.29, 0.717) is 11.5 Å². The van der Waals surface area contributed by atoms with Crippen LogP contribution in [-0.4, -0.2) is 20.0 Å². The number of nitrogens with zero attached hydrogens (tertiary/aromatic N) is 3. The molecule has 0 aliphatic heterocycles. The van der Waals surface area contributed by atoms with Crippen molar-refractivity contribution in [2.24, 2.45) is 0 Å². The van der Waals surface area contributed by atoms with Gasteiger partial charge in [-0.2, -0.15) is 9.78 Å². The zero-order valence-corrected chi connectivity index (χ0v) is 8.48. The van der Waals surface area contributed by atoms with Crippen LogP contribution in [0.25, 0.3) is 5.82 Å². The normalized spacial score (nSPS) is 10.5. The Balaban J connectivity index is 2.59.